The Morgan fingerprint density at radius 1 is 1.50 bits per heavy atom. The number of carbonyl (C=O) groups excluding carboxylic acids is 1. The number of amides is 1. The molecule has 0 aliphatic heterocycles. The molecule has 0 aromatic carbocycles. The molecule has 1 fully saturated rings. The quantitative estimate of drug-likeness (QED) is 0.840. The van der Waals surface area contributed by atoms with Gasteiger partial charge in [-0.25, -0.2) is 4.98 Å². The third-order valence-corrected chi connectivity index (χ3v) is 3.17. The van der Waals surface area contributed by atoms with Crippen molar-refractivity contribution in [3.05, 3.63) is 23.9 Å². The van der Waals surface area contributed by atoms with E-state index in [9.17, 15) is 4.79 Å². The van der Waals surface area contributed by atoms with Gasteiger partial charge < -0.3 is 10.2 Å². The Kier molecular flexibility index (Phi) is 4.18. The standard InChI is InChI=1S/C14H21N3O/c1-3-9-15-13-12(6-5-10-16-13)14(18)17(4-2)11-7-8-11/h5-6,10-11H,3-4,7-9H2,1-2H3,(H,15,16). The van der Waals surface area contributed by atoms with E-state index in [1.54, 1.807) is 6.20 Å². The summed E-state index contributed by atoms with van der Waals surface area (Å²) in [5.74, 6) is 0.815. The van der Waals surface area contributed by atoms with Crippen LogP contribution in [0.3, 0.4) is 0 Å². The molecule has 0 unspecified atom stereocenters. The number of nitrogens with one attached hydrogen (secondary N) is 1. The number of anilines is 1. The number of aromatic nitrogens is 1. The van der Waals surface area contributed by atoms with Crippen LogP contribution in [0.4, 0.5) is 5.82 Å². The van der Waals surface area contributed by atoms with E-state index in [2.05, 4.69) is 17.2 Å². The second-order valence-corrected chi connectivity index (χ2v) is 4.65. The molecule has 0 spiro atoms. The average Bonchev–Trinajstić information content (AvgIpc) is 3.22. The lowest BCUT2D eigenvalue weighted by molar-refractivity contribution is 0.0753. The summed E-state index contributed by atoms with van der Waals surface area (Å²) in [7, 11) is 0. The van der Waals surface area contributed by atoms with E-state index >= 15 is 0 Å². The molecule has 2 rings (SSSR count). The minimum atomic E-state index is 0.103. The second-order valence-electron chi connectivity index (χ2n) is 4.65. The molecule has 1 N–H and O–H groups in total. The number of hydrogen-bond donors (Lipinski definition) is 1. The zero-order valence-corrected chi connectivity index (χ0v) is 11.1. The van der Waals surface area contributed by atoms with Crippen molar-refractivity contribution >= 4 is 11.7 Å². The summed E-state index contributed by atoms with van der Waals surface area (Å²) < 4.78 is 0. The molecule has 0 radical (unpaired) electrons. The third kappa shape index (κ3) is 2.81. The molecule has 4 nitrogen and oxygen atoms in total. The highest BCUT2D eigenvalue weighted by atomic mass is 16.2. The van der Waals surface area contributed by atoms with Crippen LogP contribution < -0.4 is 5.32 Å². The topological polar surface area (TPSA) is 45.2 Å². The van der Waals surface area contributed by atoms with Crippen molar-refractivity contribution in [2.75, 3.05) is 18.4 Å². The van der Waals surface area contributed by atoms with E-state index in [0.717, 1.165) is 32.4 Å². The van der Waals surface area contributed by atoms with Crippen LogP contribution in [0.15, 0.2) is 18.3 Å². The highest BCUT2D eigenvalue weighted by Crippen LogP contribution is 2.28. The summed E-state index contributed by atoms with van der Waals surface area (Å²) in [6.07, 6.45) is 5.02. The van der Waals surface area contributed by atoms with Gasteiger partial charge in [-0.3, -0.25) is 4.79 Å². The first kappa shape index (κ1) is 12.9. The van der Waals surface area contributed by atoms with Crippen molar-refractivity contribution in [1.82, 2.24) is 9.88 Å². The van der Waals surface area contributed by atoms with E-state index in [1.165, 1.54) is 0 Å². The second kappa shape index (κ2) is 5.85. The molecule has 1 aromatic rings. The molecule has 1 aliphatic carbocycles. The average molecular weight is 247 g/mol. The van der Waals surface area contributed by atoms with Crippen LogP contribution in [0.5, 0.6) is 0 Å². The molecule has 1 aliphatic rings. The summed E-state index contributed by atoms with van der Waals surface area (Å²) in [6.45, 7) is 5.74. The van der Waals surface area contributed by atoms with Crippen LogP contribution in [-0.4, -0.2) is 34.9 Å². The Bertz CT molecular complexity index is 415. The fourth-order valence-electron chi connectivity index (χ4n) is 2.07. The van der Waals surface area contributed by atoms with Crippen LogP contribution in [-0.2, 0) is 0 Å². The lowest BCUT2D eigenvalue weighted by Gasteiger charge is -2.21. The summed E-state index contributed by atoms with van der Waals surface area (Å²) in [5, 5.41) is 3.22. The van der Waals surface area contributed by atoms with Gasteiger partial charge >= 0.3 is 0 Å². The van der Waals surface area contributed by atoms with Gasteiger partial charge in [0, 0.05) is 25.3 Å². The zero-order valence-electron chi connectivity index (χ0n) is 11.1. The van der Waals surface area contributed by atoms with Crippen molar-refractivity contribution < 1.29 is 4.79 Å². The van der Waals surface area contributed by atoms with Crippen LogP contribution in [0.1, 0.15) is 43.5 Å². The first-order chi connectivity index (χ1) is 8.77. The smallest absolute Gasteiger partial charge is 0.257 e. The number of pyridine rings is 1. The molecule has 0 atom stereocenters. The summed E-state index contributed by atoms with van der Waals surface area (Å²) >= 11 is 0. The van der Waals surface area contributed by atoms with E-state index in [0.29, 0.717) is 17.4 Å². The first-order valence-corrected chi connectivity index (χ1v) is 6.77. The largest absolute Gasteiger partial charge is 0.369 e. The Hall–Kier alpha value is -1.58. The number of nitrogens with zero attached hydrogens (tertiary/aromatic N) is 2. The fourth-order valence-corrected chi connectivity index (χ4v) is 2.07. The minimum absolute atomic E-state index is 0.103. The van der Waals surface area contributed by atoms with Crippen molar-refractivity contribution in [3.8, 4) is 0 Å². The SMILES string of the molecule is CCCNc1ncccc1C(=O)N(CC)C1CC1. The molecular formula is C14H21N3O. The third-order valence-electron chi connectivity index (χ3n) is 3.17. The van der Waals surface area contributed by atoms with E-state index in [-0.39, 0.29) is 5.91 Å². The maximum absolute atomic E-state index is 12.5. The van der Waals surface area contributed by atoms with Crippen molar-refractivity contribution in [1.29, 1.82) is 0 Å². The Morgan fingerprint density at radius 3 is 2.89 bits per heavy atom. The highest BCUT2D eigenvalue weighted by molar-refractivity contribution is 5.99. The van der Waals surface area contributed by atoms with Crippen LogP contribution in [0.25, 0.3) is 0 Å². The molecule has 4 heteroatoms. The normalized spacial score (nSPS) is 14.3. The number of carbonyl (C=O) groups is 1. The van der Waals surface area contributed by atoms with Gasteiger partial charge in [0.1, 0.15) is 5.82 Å². The fraction of sp³-hybridized carbons (Fsp3) is 0.571. The molecule has 0 bridgehead atoms. The van der Waals surface area contributed by atoms with Gasteiger partial charge in [0.25, 0.3) is 5.91 Å². The number of rotatable bonds is 6. The summed E-state index contributed by atoms with van der Waals surface area (Å²) in [6, 6.07) is 4.13. The van der Waals surface area contributed by atoms with Gasteiger partial charge in [-0.1, -0.05) is 6.92 Å². The van der Waals surface area contributed by atoms with Crippen LogP contribution in [0.2, 0.25) is 0 Å². The van der Waals surface area contributed by atoms with E-state index < -0.39 is 0 Å². The van der Waals surface area contributed by atoms with Gasteiger partial charge in [-0.2, -0.15) is 0 Å². The van der Waals surface area contributed by atoms with Gasteiger partial charge in [0.05, 0.1) is 5.56 Å². The van der Waals surface area contributed by atoms with E-state index in [1.807, 2.05) is 24.0 Å². The summed E-state index contributed by atoms with van der Waals surface area (Å²) in [4.78, 5) is 18.7. The minimum Gasteiger partial charge on any atom is -0.369 e. The van der Waals surface area contributed by atoms with Gasteiger partial charge in [0.15, 0.2) is 0 Å². The van der Waals surface area contributed by atoms with Crippen LogP contribution in [0, 0.1) is 0 Å². The van der Waals surface area contributed by atoms with Gasteiger partial charge in [0.2, 0.25) is 0 Å². The maximum atomic E-state index is 12.5. The van der Waals surface area contributed by atoms with Crippen molar-refractivity contribution in [2.24, 2.45) is 0 Å². The predicted octanol–water partition coefficient (Wildman–Crippen LogP) is 2.53. The zero-order chi connectivity index (χ0) is 13.0. The van der Waals surface area contributed by atoms with Crippen LogP contribution >= 0.6 is 0 Å². The van der Waals surface area contributed by atoms with Crippen molar-refractivity contribution in [3.63, 3.8) is 0 Å². The molecule has 1 heterocycles. The van der Waals surface area contributed by atoms with Crippen molar-refractivity contribution in [2.45, 2.75) is 39.2 Å². The Balaban J connectivity index is 2.17. The lowest BCUT2D eigenvalue weighted by Crippen LogP contribution is -2.33. The number of hydrogen-bond acceptors (Lipinski definition) is 3. The maximum Gasteiger partial charge on any atom is 0.257 e. The first-order valence-electron chi connectivity index (χ1n) is 6.77. The Morgan fingerprint density at radius 2 is 2.28 bits per heavy atom. The van der Waals surface area contributed by atoms with E-state index in [4.69, 9.17) is 0 Å². The Labute approximate surface area is 108 Å². The molecule has 1 amide bonds. The van der Waals surface area contributed by atoms with Gasteiger partial charge in [-0.15, -0.1) is 0 Å². The summed E-state index contributed by atoms with van der Waals surface area (Å²) in [5.41, 5.74) is 0.694. The molecule has 0 saturated heterocycles. The lowest BCUT2D eigenvalue weighted by atomic mass is 10.2. The predicted molar refractivity (Wildman–Crippen MR) is 72.8 cm³/mol. The monoisotopic (exact) mass is 247 g/mol. The molecule has 1 saturated carbocycles. The highest BCUT2D eigenvalue weighted by Gasteiger charge is 2.32. The molecule has 18 heavy (non-hydrogen) atoms. The molecule has 98 valence electrons. The molecule has 1 aromatic heterocycles. The van der Waals surface area contributed by atoms with Gasteiger partial charge in [-0.05, 0) is 38.3 Å². The molecular weight excluding hydrogens is 226 g/mol.